The summed E-state index contributed by atoms with van der Waals surface area (Å²) in [6, 6.07) is 22.3. The van der Waals surface area contributed by atoms with Crippen LogP contribution >= 0.6 is 0 Å². The van der Waals surface area contributed by atoms with E-state index in [1.807, 2.05) is 44.2 Å². The molecule has 6 heteroatoms. The third-order valence-electron chi connectivity index (χ3n) is 4.94. The molecule has 0 atom stereocenters. The van der Waals surface area contributed by atoms with Gasteiger partial charge in [-0.1, -0.05) is 48.6 Å². The molecule has 178 valence electrons. The molecule has 0 aliphatic heterocycles. The lowest BCUT2D eigenvalue weighted by molar-refractivity contribution is -0.112. The third-order valence-corrected chi connectivity index (χ3v) is 4.94. The molecule has 0 saturated heterocycles. The number of amides is 1. The summed E-state index contributed by atoms with van der Waals surface area (Å²) in [6.45, 7) is 8.80. The first-order valence-electron chi connectivity index (χ1n) is 11.2. The summed E-state index contributed by atoms with van der Waals surface area (Å²) in [5, 5.41) is 12.3. The lowest BCUT2D eigenvalue weighted by atomic mass is 10.1. The predicted molar refractivity (Wildman–Crippen MR) is 137 cm³/mol. The van der Waals surface area contributed by atoms with E-state index in [-0.39, 0.29) is 5.57 Å². The Morgan fingerprint density at radius 3 is 2.40 bits per heavy atom. The van der Waals surface area contributed by atoms with E-state index >= 15 is 0 Å². The molecule has 0 unspecified atom stereocenters. The molecule has 1 amide bonds. The first-order valence-corrected chi connectivity index (χ1v) is 11.2. The Labute approximate surface area is 206 Å². The Morgan fingerprint density at radius 2 is 1.74 bits per heavy atom. The summed E-state index contributed by atoms with van der Waals surface area (Å²) in [5.41, 5.74) is 3.44. The van der Waals surface area contributed by atoms with Gasteiger partial charge in [0.2, 0.25) is 0 Å². The maximum Gasteiger partial charge on any atom is 0.266 e. The number of hydrogen-bond donors (Lipinski definition) is 1. The smallest absolute Gasteiger partial charge is 0.266 e. The molecule has 0 aromatic heterocycles. The minimum Gasteiger partial charge on any atom is -0.490 e. The SMILES string of the molecule is C=CCOc1ccc(/C=C(\C#N)C(=O)Nc2ccc(OCc3ccc(C)cc3)cc2)cc1OCC. The van der Waals surface area contributed by atoms with Crippen molar-refractivity contribution in [2.24, 2.45) is 0 Å². The highest BCUT2D eigenvalue weighted by Gasteiger charge is 2.12. The molecule has 0 saturated carbocycles. The fourth-order valence-electron chi connectivity index (χ4n) is 3.15. The van der Waals surface area contributed by atoms with Gasteiger partial charge in [-0.05, 0) is 67.4 Å². The number of benzene rings is 3. The highest BCUT2D eigenvalue weighted by molar-refractivity contribution is 6.09. The van der Waals surface area contributed by atoms with Crippen molar-refractivity contribution in [3.8, 4) is 23.3 Å². The quantitative estimate of drug-likeness (QED) is 0.209. The number of nitriles is 1. The highest BCUT2D eigenvalue weighted by Crippen LogP contribution is 2.29. The number of nitrogens with one attached hydrogen (secondary N) is 1. The van der Waals surface area contributed by atoms with Gasteiger partial charge in [0, 0.05) is 5.69 Å². The first kappa shape index (κ1) is 25.1. The van der Waals surface area contributed by atoms with Crippen LogP contribution in [0, 0.1) is 18.3 Å². The minimum absolute atomic E-state index is 0.0353. The molecule has 3 aromatic rings. The molecule has 0 fully saturated rings. The van der Waals surface area contributed by atoms with Crippen LogP contribution in [0.5, 0.6) is 17.2 Å². The number of ether oxygens (including phenoxy) is 3. The Kier molecular flexibility index (Phi) is 9.09. The molecule has 0 bridgehead atoms. The van der Waals surface area contributed by atoms with Crippen LogP contribution in [-0.4, -0.2) is 19.1 Å². The Balaban J connectivity index is 1.65. The van der Waals surface area contributed by atoms with Crippen molar-refractivity contribution in [2.75, 3.05) is 18.5 Å². The molecule has 1 N–H and O–H groups in total. The van der Waals surface area contributed by atoms with E-state index in [2.05, 4.69) is 11.9 Å². The average molecular weight is 469 g/mol. The number of anilines is 1. The third kappa shape index (κ3) is 7.51. The second-order valence-electron chi connectivity index (χ2n) is 7.66. The zero-order chi connectivity index (χ0) is 25.0. The molecular weight excluding hydrogens is 440 g/mol. The van der Waals surface area contributed by atoms with E-state index < -0.39 is 5.91 Å². The fourth-order valence-corrected chi connectivity index (χ4v) is 3.15. The number of rotatable bonds is 11. The number of carbonyl (C=O) groups is 1. The van der Waals surface area contributed by atoms with Crippen molar-refractivity contribution >= 4 is 17.7 Å². The van der Waals surface area contributed by atoms with Crippen LogP contribution in [0.2, 0.25) is 0 Å². The number of aryl methyl sites for hydroxylation is 1. The molecular formula is C29H28N2O4. The lowest BCUT2D eigenvalue weighted by Gasteiger charge is -2.11. The van der Waals surface area contributed by atoms with Gasteiger partial charge in [-0.3, -0.25) is 4.79 Å². The number of hydrogen-bond acceptors (Lipinski definition) is 5. The van der Waals surface area contributed by atoms with Gasteiger partial charge in [0.1, 0.15) is 30.6 Å². The van der Waals surface area contributed by atoms with Crippen molar-refractivity contribution in [3.05, 3.63) is 102 Å². The second kappa shape index (κ2) is 12.7. The summed E-state index contributed by atoms with van der Waals surface area (Å²) in [6.07, 6.45) is 3.15. The number of nitrogens with zero attached hydrogens (tertiary/aromatic N) is 1. The first-order chi connectivity index (χ1) is 17.0. The summed E-state index contributed by atoms with van der Waals surface area (Å²) in [4.78, 5) is 12.7. The molecule has 0 radical (unpaired) electrons. The van der Waals surface area contributed by atoms with Crippen molar-refractivity contribution in [2.45, 2.75) is 20.5 Å². The van der Waals surface area contributed by atoms with Crippen LogP contribution in [-0.2, 0) is 11.4 Å². The Hall–Kier alpha value is -4.50. The lowest BCUT2D eigenvalue weighted by Crippen LogP contribution is -2.13. The Morgan fingerprint density at radius 1 is 1.00 bits per heavy atom. The van der Waals surface area contributed by atoms with E-state index in [4.69, 9.17) is 14.2 Å². The van der Waals surface area contributed by atoms with Crippen molar-refractivity contribution < 1.29 is 19.0 Å². The van der Waals surface area contributed by atoms with Gasteiger partial charge in [0.25, 0.3) is 5.91 Å². The minimum atomic E-state index is -0.509. The van der Waals surface area contributed by atoms with E-state index in [9.17, 15) is 10.1 Å². The van der Waals surface area contributed by atoms with Crippen LogP contribution in [0.15, 0.2) is 85.0 Å². The average Bonchev–Trinajstić information content (AvgIpc) is 2.87. The van der Waals surface area contributed by atoms with E-state index in [1.54, 1.807) is 48.5 Å². The van der Waals surface area contributed by atoms with Crippen LogP contribution < -0.4 is 19.5 Å². The topological polar surface area (TPSA) is 80.6 Å². The van der Waals surface area contributed by atoms with Gasteiger partial charge in [0.15, 0.2) is 11.5 Å². The highest BCUT2D eigenvalue weighted by atomic mass is 16.5. The van der Waals surface area contributed by atoms with Gasteiger partial charge in [0.05, 0.1) is 6.61 Å². The molecule has 0 aliphatic rings. The summed E-state index contributed by atoms with van der Waals surface area (Å²) < 4.78 is 17.0. The van der Waals surface area contributed by atoms with Gasteiger partial charge >= 0.3 is 0 Å². The maximum atomic E-state index is 12.7. The van der Waals surface area contributed by atoms with Crippen LogP contribution in [0.4, 0.5) is 5.69 Å². The largest absolute Gasteiger partial charge is 0.490 e. The normalized spacial score (nSPS) is 10.7. The van der Waals surface area contributed by atoms with Crippen molar-refractivity contribution in [3.63, 3.8) is 0 Å². The monoisotopic (exact) mass is 468 g/mol. The molecule has 0 spiro atoms. The van der Waals surface area contributed by atoms with E-state index in [0.717, 1.165) is 5.56 Å². The molecule has 6 nitrogen and oxygen atoms in total. The van der Waals surface area contributed by atoms with E-state index in [1.165, 1.54) is 11.6 Å². The van der Waals surface area contributed by atoms with E-state index in [0.29, 0.717) is 48.3 Å². The zero-order valence-electron chi connectivity index (χ0n) is 19.9. The molecule has 35 heavy (non-hydrogen) atoms. The Bertz CT molecular complexity index is 1220. The second-order valence-corrected chi connectivity index (χ2v) is 7.66. The van der Waals surface area contributed by atoms with Crippen LogP contribution in [0.25, 0.3) is 6.08 Å². The summed E-state index contributed by atoms with van der Waals surface area (Å²) in [5.74, 6) is 1.27. The van der Waals surface area contributed by atoms with Gasteiger partial charge in [-0.15, -0.1) is 0 Å². The van der Waals surface area contributed by atoms with Crippen LogP contribution in [0.1, 0.15) is 23.6 Å². The molecule has 0 aliphatic carbocycles. The fraction of sp³-hybridized carbons (Fsp3) is 0.172. The molecule has 3 aromatic carbocycles. The van der Waals surface area contributed by atoms with Crippen molar-refractivity contribution in [1.82, 2.24) is 0 Å². The van der Waals surface area contributed by atoms with Gasteiger partial charge in [-0.25, -0.2) is 0 Å². The summed E-state index contributed by atoms with van der Waals surface area (Å²) >= 11 is 0. The standard InChI is InChI=1S/C29H28N2O4/c1-4-16-34-27-15-10-23(18-28(27)33-5-2)17-24(19-30)29(32)31-25-11-13-26(14-12-25)35-20-22-8-6-21(3)7-9-22/h4,6-15,17-18H,1,5,16,20H2,2-3H3,(H,31,32)/b24-17+. The summed E-state index contributed by atoms with van der Waals surface area (Å²) in [7, 11) is 0. The van der Waals surface area contributed by atoms with Gasteiger partial charge < -0.3 is 19.5 Å². The van der Waals surface area contributed by atoms with Gasteiger partial charge in [-0.2, -0.15) is 5.26 Å². The van der Waals surface area contributed by atoms with Crippen LogP contribution in [0.3, 0.4) is 0 Å². The zero-order valence-corrected chi connectivity index (χ0v) is 19.9. The molecule has 0 heterocycles. The maximum absolute atomic E-state index is 12.7. The number of carbonyl (C=O) groups excluding carboxylic acids is 1. The predicted octanol–water partition coefficient (Wildman–Crippen LogP) is 6.08. The van der Waals surface area contributed by atoms with Crippen molar-refractivity contribution in [1.29, 1.82) is 5.26 Å². The molecule has 3 rings (SSSR count).